The van der Waals surface area contributed by atoms with Gasteiger partial charge >= 0.3 is 24.4 Å². The van der Waals surface area contributed by atoms with Crippen molar-refractivity contribution >= 4 is 40.4 Å². The van der Waals surface area contributed by atoms with Gasteiger partial charge in [-0.15, -0.1) is 0 Å². The van der Waals surface area contributed by atoms with Crippen LogP contribution in [0.2, 0.25) is 0 Å². The molecule has 9 rings (SSSR count). The molecule has 2 saturated heterocycles. The normalized spacial score (nSPS) is 17.7. The van der Waals surface area contributed by atoms with Gasteiger partial charge in [0.1, 0.15) is 75.9 Å². The lowest BCUT2D eigenvalue weighted by atomic mass is 9.94. The minimum absolute atomic E-state index is 0.0725. The van der Waals surface area contributed by atoms with Crippen LogP contribution < -0.4 is 33.6 Å². The lowest BCUT2D eigenvalue weighted by Crippen LogP contribution is -2.45. The smallest absolute Gasteiger partial charge is 0.424 e. The number of imide groups is 1. The number of pyridine rings is 1. The van der Waals surface area contributed by atoms with Gasteiger partial charge in [0.05, 0.1) is 43.5 Å². The summed E-state index contributed by atoms with van der Waals surface area (Å²) >= 11 is 0. The number of rotatable bonds is 14. The topological polar surface area (TPSA) is 167 Å². The fourth-order valence-corrected chi connectivity index (χ4v) is 10.6. The highest BCUT2D eigenvalue weighted by Gasteiger charge is 2.50. The standard InChI is InChI=1S/C57H62F7N9O8/c1-31-40(57(62,63)64)38(42(60)47(41(31)59)73(52(74)80-54(3,4)5)53(75)81-55(6,7)8)45-43(61)46-39-48(69-51(68-46)79-30-56-20-11-23-71(56)29-35(58)26-56)72(24-25-78-50(39)67-45)32(2)44-49(66-22-21-65-44)70(27-33-12-16-36(76-9)17-13-33)28-34-14-18-37(77-10)19-15-34/h12-19,21-22,32,35H,11,20,23-30H2,1-10H3/t32-,35-,56+/m1/s1. The second-order valence-corrected chi connectivity index (χ2v) is 22.2. The molecule has 17 nitrogen and oxygen atoms in total. The number of carbonyl (C=O) groups excluding carboxylic acids is 2. The van der Waals surface area contributed by atoms with Crippen molar-refractivity contribution in [2.24, 2.45) is 0 Å². The number of fused-ring (bicyclic) bond motifs is 1. The maximum Gasteiger partial charge on any atom is 0.424 e. The number of carbonyl (C=O) groups is 2. The zero-order valence-electron chi connectivity index (χ0n) is 46.4. The first-order chi connectivity index (χ1) is 38.2. The highest BCUT2D eigenvalue weighted by molar-refractivity contribution is 6.10. The Labute approximate surface area is 463 Å². The summed E-state index contributed by atoms with van der Waals surface area (Å²) in [5, 5.41) is -0.283. The van der Waals surface area contributed by atoms with Crippen LogP contribution in [0.15, 0.2) is 60.9 Å². The van der Waals surface area contributed by atoms with Crippen LogP contribution in [0.5, 0.6) is 23.4 Å². The monoisotopic (exact) mass is 1130 g/mol. The molecule has 81 heavy (non-hydrogen) atoms. The number of alkyl halides is 4. The quantitative estimate of drug-likeness (QED) is 0.0944. The number of anilines is 3. The Kier molecular flexibility index (Phi) is 15.9. The van der Waals surface area contributed by atoms with Crippen LogP contribution >= 0.6 is 0 Å². The number of benzene rings is 3. The van der Waals surface area contributed by atoms with E-state index in [4.69, 9.17) is 43.4 Å². The summed E-state index contributed by atoms with van der Waals surface area (Å²) < 4.78 is 148. The van der Waals surface area contributed by atoms with E-state index in [2.05, 4.69) is 9.97 Å². The molecule has 0 N–H and O–H groups in total. The van der Waals surface area contributed by atoms with Crippen molar-refractivity contribution in [2.45, 2.75) is 123 Å². The van der Waals surface area contributed by atoms with Crippen LogP contribution in [-0.2, 0) is 28.7 Å². The molecule has 0 spiro atoms. The SMILES string of the molecule is COc1ccc(CN(Cc2ccc(OC)cc2)c2nccnc2[C@@H](C)N2CCOc3nc(-c4c(F)c(N(C(=O)OC(C)(C)C)C(=O)OC(C)(C)C)c(F)c(C)c4C(F)(F)F)c(F)c4nc(OC[C@@]56CCCN5C[C@H](F)C6)nc2c34)cc1. The van der Waals surface area contributed by atoms with Gasteiger partial charge in [-0.1, -0.05) is 24.3 Å². The van der Waals surface area contributed by atoms with Gasteiger partial charge in [0.15, 0.2) is 23.3 Å². The average molecular weight is 1130 g/mol. The number of aromatic nitrogens is 5. The number of halogens is 7. The van der Waals surface area contributed by atoms with Gasteiger partial charge in [-0.2, -0.15) is 28.0 Å². The Balaban J connectivity index is 1.24. The number of hydrogen-bond acceptors (Lipinski definition) is 16. The third-order valence-corrected chi connectivity index (χ3v) is 14.2. The Morgan fingerprint density at radius 1 is 0.815 bits per heavy atom. The van der Waals surface area contributed by atoms with Crippen molar-refractivity contribution in [1.82, 2.24) is 29.8 Å². The Morgan fingerprint density at radius 3 is 1.98 bits per heavy atom. The molecule has 3 aromatic carbocycles. The Bertz CT molecular complexity index is 3270. The van der Waals surface area contributed by atoms with Crippen LogP contribution in [0.4, 0.5) is 57.6 Å². The molecular weight excluding hydrogens is 1070 g/mol. The largest absolute Gasteiger partial charge is 0.497 e. The maximum atomic E-state index is 18.2. The van der Waals surface area contributed by atoms with E-state index >= 15 is 30.7 Å². The van der Waals surface area contributed by atoms with Crippen LogP contribution in [0.1, 0.15) is 102 Å². The Morgan fingerprint density at radius 2 is 1.41 bits per heavy atom. The molecule has 0 bridgehead atoms. The molecule has 2 amide bonds. The summed E-state index contributed by atoms with van der Waals surface area (Å²) in [7, 11) is 3.13. The molecule has 3 aromatic heterocycles. The molecule has 3 aliphatic rings. The first kappa shape index (κ1) is 57.9. The van der Waals surface area contributed by atoms with Crippen molar-refractivity contribution < 1.29 is 68.7 Å². The van der Waals surface area contributed by atoms with Crippen LogP contribution in [0.3, 0.4) is 0 Å². The van der Waals surface area contributed by atoms with Gasteiger partial charge in [0.2, 0.25) is 5.88 Å². The molecule has 0 aliphatic carbocycles. The van der Waals surface area contributed by atoms with Gasteiger partial charge in [0, 0.05) is 44.0 Å². The first-order valence-electron chi connectivity index (χ1n) is 26.2. The van der Waals surface area contributed by atoms with Crippen molar-refractivity contribution in [3.63, 3.8) is 0 Å². The van der Waals surface area contributed by atoms with Crippen molar-refractivity contribution in [3.05, 3.63) is 106 Å². The zero-order valence-corrected chi connectivity index (χ0v) is 46.4. The average Bonchev–Trinajstić information content (AvgIpc) is 4.06. The lowest BCUT2D eigenvalue weighted by Gasteiger charge is -2.33. The van der Waals surface area contributed by atoms with E-state index in [1.807, 2.05) is 58.3 Å². The summed E-state index contributed by atoms with van der Waals surface area (Å²) in [6, 6.07) is 13.7. The second kappa shape index (κ2) is 22.3. The lowest BCUT2D eigenvalue weighted by molar-refractivity contribution is -0.137. The molecular formula is C57H62F7N9O8. The van der Waals surface area contributed by atoms with Gasteiger partial charge in [0.25, 0.3) is 0 Å². The van der Waals surface area contributed by atoms with Gasteiger partial charge in [-0.25, -0.2) is 37.1 Å². The minimum atomic E-state index is -5.64. The minimum Gasteiger partial charge on any atom is -0.497 e. The summed E-state index contributed by atoms with van der Waals surface area (Å²) in [5.41, 5.74) is -10.4. The fourth-order valence-electron chi connectivity index (χ4n) is 10.6. The molecule has 24 heteroatoms. The van der Waals surface area contributed by atoms with E-state index in [1.54, 1.807) is 26.0 Å². The van der Waals surface area contributed by atoms with Crippen LogP contribution in [0.25, 0.3) is 22.2 Å². The van der Waals surface area contributed by atoms with Gasteiger partial charge < -0.3 is 38.2 Å². The van der Waals surface area contributed by atoms with E-state index in [9.17, 15) is 9.59 Å². The van der Waals surface area contributed by atoms with Crippen LogP contribution in [0, 0.1) is 24.4 Å². The molecule has 6 heterocycles. The van der Waals surface area contributed by atoms with E-state index in [-0.39, 0.29) is 48.8 Å². The zero-order chi connectivity index (χ0) is 58.5. The molecule has 2 fully saturated rings. The van der Waals surface area contributed by atoms with E-state index in [0.717, 1.165) is 17.5 Å². The number of hydrogen-bond donors (Lipinski definition) is 0. The summed E-state index contributed by atoms with van der Waals surface area (Å²) in [5.74, 6) is -4.87. The number of methoxy groups -OCH3 is 2. The summed E-state index contributed by atoms with van der Waals surface area (Å²) in [6.45, 7) is 11.5. The third kappa shape index (κ3) is 11.9. The highest BCUT2D eigenvalue weighted by atomic mass is 19.4. The van der Waals surface area contributed by atoms with E-state index in [1.165, 1.54) is 53.9 Å². The van der Waals surface area contributed by atoms with Crippen LogP contribution in [-0.4, -0.2) is 112 Å². The van der Waals surface area contributed by atoms with E-state index < -0.39 is 110 Å². The van der Waals surface area contributed by atoms with E-state index in [0.29, 0.717) is 56.0 Å². The van der Waals surface area contributed by atoms with Crippen molar-refractivity contribution in [3.8, 4) is 34.6 Å². The molecule has 6 aromatic rings. The first-order valence-corrected chi connectivity index (χ1v) is 26.2. The number of nitrogens with zero attached hydrogens (tertiary/aromatic N) is 9. The predicted octanol–water partition coefficient (Wildman–Crippen LogP) is 12.0. The molecule has 3 aliphatic heterocycles. The molecule has 0 radical (unpaired) electrons. The Hall–Kier alpha value is -7.76. The molecule has 3 atom stereocenters. The predicted molar refractivity (Wildman–Crippen MR) is 285 cm³/mol. The van der Waals surface area contributed by atoms with Crippen molar-refractivity contribution in [1.29, 1.82) is 0 Å². The number of amides is 2. The maximum absolute atomic E-state index is 18.2. The third-order valence-electron chi connectivity index (χ3n) is 14.2. The fraction of sp³-hybridized carbons (Fsp3) is 0.456. The molecule has 0 saturated carbocycles. The second-order valence-electron chi connectivity index (χ2n) is 22.2. The highest BCUT2D eigenvalue weighted by Crippen LogP contribution is 2.50. The number of ether oxygens (including phenoxy) is 6. The van der Waals surface area contributed by atoms with Gasteiger partial charge in [-0.05, 0) is 110 Å². The summed E-state index contributed by atoms with van der Waals surface area (Å²) in [6.07, 6.45) is -5.84. The van der Waals surface area contributed by atoms with Gasteiger partial charge in [-0.3, -0.25) is 9.88 Å². The summed E-state index contributed by atoms with van der Waals surface area (Å²) in [4.78, 5) is 56.3. The van der Waals surface area contributed by atoms with Crippen molar-refractivity contribution in [2.75, 3.05) is 61.8 Å². The molecule has 432 valence electrons. The molecule has 0 unspecified atom stereocenters.